The van der Waals surface area contributed by atoms with Gasteiger partial charge >= 0.3 is 0 Å². The van der Waals surface area contributed by atoms with E-state index in [-0.39, 0.29) is 36.6 Å². The minimum absolute atomic E-state index is 0.0122. The number of fused-ring (bicyclic) bond motifs is 1. The van der Waals surface area contributed by atoms with Gasteiger partial charge in [-0.3, -0.25) is 19.3 Å². The molecule has 3 rings (SSSR count). The fourth-order valence-corrected chi connectivity index (χ4v) is 3.68. The molecule has 0 radical (unpaired) electrons. The maximum Gasteiger partial charge on any atom is 0.233 e. The molecule has 0 unspecified atom stereocenters. The highest BCUT2D eigenvalue weighted by Gasteiger charge is 2.48. The van der Waals surface area contributed by atoms with Crippen LogP contribution in [-0.4, -0.2) is 29.2 Å². The number of halogens is 3. The van der Waals surface area contributed by atoms with Crippen molar-refractivity contribution >= 4 is 58.2 Å². The lowest BCUT2D eigenvalue weighted by atomic mass is 9.85. The smallest absolute Gasteiger partial charge is 0.233 e. The highest BCUT2D eigenvalue weighted by atomic mass is 35.5. The summed E-state index contributed by atoms with van der Waals surface area (Å²) in [6.45, 7) is 0.0510. The molecule has 3 amide bonds. The van der Waals surface area contributed by atoms with Crippen LogP contribution in [0.1, 0.15) is 19.3 Å². The van der Waals surface area contributed by atoms with Crippen LogP contribution >= 0.6 is 34.8 Å². The van der Waals surface area contributed by atoms with Crippen molar-refractivity contribution in [1.82, 2.24) is 4.90 Å². The van der Waals surface area contributed by atoms with Gasteiger partial charge in [0.15, 0.2) is 0 Å². The normalized spacial score (nSPS) is 22.7. The number of rotatable bonds is 4. The SMILES string of the molecule is O=C(CCN1C(=O)[C@H]2CC(Cl)=CC[C@H]2C1=O)Nc1ccc(Cl)c(Cl)c1. The number of hydrogen-bond donors (Lipinski definition) is 1. The Bertz CT molecular complexity index is 778. The van der Waals surface area contributed by atoms with E-state index in [1.54, 1.807) is 18.2 Å². The average Bonchev–Trinajstić information content (AvgIpc) is 2.80. The van der Waals surface area contributed by atoms with Crippen LogP contribution in [0, 0.1) is 11.8 Å². The van der Waals surface area contributed by atoms with Gasteiger partial charge in [0, 0.05) is 23.7 Å². The van der Waals surface area contributed by atoms with Gasteiger partial charge in [-0.1, -0.05) is 40.9 Å². The maximum absolute atomic E-state index is 12.4. The molecule has 1 aromatic rings. The Morgan fingerprint density at radius 3 is 2.56 bits per heavy atom. The third-order valence-electron chi connectivity index (χ3n) is 4.43. The number of benzene rings is 1. The molecule has 0 bridgehead atoms. The first-order valence-electron chi connectivity index (χ1n) is 7.81. The zero-order valence-electron chi connectivity index (χ0n) is 13.1. The summed E-state index contributed by atoms with van der Waals surface area (Å²) in [6.07, 6.45) is 2.66. The number of anilines is 1. The second-order valence-corrected chi connectivity index (χ2v) is 7.36. The molecule has 132 valence electrons. The minimum atomic E-state index is -0.400. The third-order valence-corrected chi connectivity index (χ3v) is 5.47. The van der Waals surface area contributed by atoms with Crippen LogP contribution in [0.2, 0.25) is 10.0 Å². The van der Waals surface area contributed by atoms with E-state index in [1.165, 1.54) is 11.0 Å². The van der Waals surface area contributed by atoms with Crippen molar-refractivity contribution < 1.29 is 14.4 Å². The highest BCUT2D eigenvalue weighted by molar-refractivity contribution is 6.42. The number of nitrogens with one attached hydrogen (secondary N) is 1. The molecule has 25 heavy (non-hydrogen) atoms. The van der Waals surface area contributed by atoms with Crippen molar-refractivity contribution in [1.29, 1.82) is 0 Å². The summed E-state index contributed by atoms with van der Waals surface area (Å²) < 4.78 is 0. The van der Waals surface area contributed by atoms with Gasteiger partial charge in [-0.2, -0.15) is 0 Å². The number of imide groups is 1. The van der Waals surface area contributed by atoms with Crippen molar-refractivity contribution in [2.75, 3.05) is 11.9 Å². The van der Waals surface area contributed by atoms with Gasteiger partial charge in [0.05, 0.1) is 21.9 Å². The lowest BCUT2D eigenvalue weighted by Gasteiger charge is -2.17. The van der Waals surface area contributed by atoms with Gasteiger partial charge in [0.1, 0.15) is 0 Å². The van der Waals surface area contributed by atoms with E-state index < -0.39 is 5.92 Å². The Balaban J connectivity index is 1.58. The molecule has 0 spiro atoms. The first-order valence-corrected chi connectivity index (χ1v) is 8.95. The molecule has 1 aliphatic heterocycles. The Hall–Kier alpha value is -1.56. The summed E-state index contributed by atoms with van der Waals surface area (Å²) >= 11 is 17.7. The summed E-state index contributed by atoms with van der Waals surface area (Å²) in [4.78, 5) is 38.0. The van der Waals surface area contributed by atoms with Crippen molar-refractivity contribution in [2.45, 2.75) is 19.3 Å². The summed E-state index contributed by atoms with van der Waals surface area (Å²) in [7, 11) is 0. The van der Waals surface area contributed by atoms with E-state index >= 15 is 0 Å². The van der Waals surface area contributed by atoms with Gasteiger partial charge in [-0.05, 0) is 31.0 Å². The molecule has 1 N–H and O–H groups in total. The van der Waals surface area contributed by atoms with Crippen LogP contribution in [0.15, 0.2) is 29.3 Å². The summed E-state index contributed by atoms with van der Waals surface area (Å²) in [5, 5.41) is 4.01. The van der Waals surface area contributed by atoms with Crippen LogP contribution < -0.4 is 5.32 Å². The van der Waals surface area contributed by atoms with Crippen LogP contribution in [-0.2, 0) is 14.4 Å². The second kappa shape index (κ2) is 7.36. The van der Waals surface area contributed by atoms with Crippen molar-refractivity contribution in [3.8, 4) is 0 Å². The fraction of sp³-hybridized carbons (Fsp3) is 0.353. The lowest BCUT2D eigenvalue weighted by Crippen LogP contribution is -2.34. The van der Waals surface area contributed by atoms with Crippen molar-refractivity contribution in [3.05, 3.63) is 39.4 Å². The number of amides is 3. The first kappa shape index (κ1) is 18.2. The molecule has 0 saturated carbocycles. The van der Waals surface area contributed by atoms with Crippen LogP contribution in [0.4, 0.5) is 5.69 Å². The quantitative estimate of drug-likeness (QED) is 0.780. The van der Waals surface area contributed by atoms with Gasteiger partial charge in [0.2, 0.25) is 17.7 Å². The predicted octanol–water partition coefficient (Wildman–Crippen LogP) is 3.84. The predicted molar refractivity (Wildman–Crippen MR) is 96.6 cm³/mol. The Kier molecular flexibility index (Phi) is 5.37. The van der Waals surface area contributed by atoms with Crippen LogP contribution in [0.3, 0.4) is 0 Å². The first-order chi connectivity index (χ1) is 11.9. The molecule has 1 heterocycles. The van der Waals surface area contributed by atoms with Crippen LogP contribution in [0.25, 0.3) is 0 Å². The summed E-state index contributed by atoms with van der Waals surface area (Å²) in [5.74, 6) is -1.54. The molecule has 1 aliphatic carbocycles. The van der Waals surface area contributed by atoms with Gasteiger partial charge < -0.3 is 5.32 Å². The van der Waals surface area contributed by atoms with Crippen LogP contribution in [0.5, 0.6) is 0 Å². The number of carbonyl (C=O) groups is 3. The number of hydrogen-bond acceptors (Lipinski definition) is 3. The largest absolute Gasteiger partial charge is 0.326 e. The third kappa shape index (κ3) is 3.84. The zero-order valence-corrected chi connectivity index (χ0v) is 15.4. The highest BCUT2D eigenvalue weighted by Crippen LogP contribution is 2.38. The molecule has 1 saturated heterocycles. The number of allylic oxidation sites excluding steroid dienone is 2. The van der Waals surface area contributed by atoms with E-state index in [1.807, 2.05) is 0 Å². The Morgan fingerprint density at radius 2 is 1.84 bits per heavy atom. The topological polar surface area (TPSA) is 66.5 Å². The van der Waals surface area contributed by atoms with E-state index in [9.17, 15) is 14.4 Å². The molecule has 1 aromatic carbocycles. The molecule has 0 aromatic heterocycles. The van der Waals surface area contributed by atoms with E-state index in [2.05, 4.69) is 5.32 Å². The van der Waals surface area contributed by atoms with Crippen molar-refractivity contribution in [2.24, 2.45) is 11.8 Å². The number of likely N-dealkylation sites (tertiary alicyclic amines) is 1. The van der Waals surface area contributed by atoms with E-state index in [0.29, 0.717) is 33.6 Å². The minimum Gasteiger partial charge on any atom is -0.326 e. The van der Waals surface area contributed by atoms with Gasteiger partial charge in [0.25, 0.3) is 0 Å². The van der Waals surface area contributed by atoms with E-state index in [4.69, 9.17) is 34.8 Å². The lowest BCUT2D eigenvalue weighted by molar-refractivity contribution is -0.140. The van der Waals surface area contributed by atoms with E-state index in [0.717, 1.165) is 0 Å². The molecule has 5 nitrogen and oxygen atoms in total. The van der Waals surface area contributed by atoms with Gasteiger partial charge in [-0.15, -0.1) is 0 Å². The molecule has 2 aliphatic rings. The summed E-state index contributed by atoms with van der Waals surface area (Å²) in [5.41, 5.74) is 0.503. The molecular weight excluding hydrogens is 387 g/mol. The second-order valence-electron chi connectivity index (χ2n) is 6.06. The number of carbonyl (C=O) groups excluding carboxylic acids is 3. The Morgan fingerprint density at radius 1 is 1.12 bits per heavy atom. The maximum atomic E-state index is 12.4. The molecule has 8 heteroatoms. The zero-order chi connectivity index (χ0) is 18.1. The Labute approximate surface area is 159 Å². The number of nitrogens with zero attached hydrogens (tertiary/aromatic N) is 1. The van der Waals surface area contributed by atoms with Gasteiger partial charge in [-0.25, -0.2) is 0 Å². The molecule has 2 atom stereocenters. The molecule has 1 fully saturated rings. The standard InChI is InChI=1S/C17H15Cl3N2O3/c18-9-1-3-11-12(7-9)17(25)22(16(11)24)6-5-15(23)21-10-2-4-13(19)14(20)8-10/h1-2,4,8,11-12H,3,5-7H2,(H,21,23)/t11-,12+/m1/s1. The molecular formula is C17H15Cl3N2O3. The average molecular weight is 402 g/mol. The monoisotopic (exact) mass is 400 g/mol. The summed E-state index contributed by atoms with van der Waals surface area (Å²) in [6, 6.07) is 4.74. The van der Waals surface area contributed by atoms with Crippen molar-refractivity contribution in [3.63, 3.8) is 0 Å². The fourth-order valence-electron chi connectivity index (χ4n) is 3.13.